The summed E-state index contributed by atoms with van der Waals surface area (Å²) in [7, 11) is 0. The summed E-state index contributed by atoms with van der Waals surface area (Å²) < 4.78 is 5.14. The van der Waals surface area contributed by atoms with Gasteiger partial charge in [-0.15, -0.1) is 11.8 Å². The number of carbonyl (C=O) groups is 1. The lowest BCUT2D eigenvalue weighted by Gasteiger charge is -2.10. The number of amides is 1. The molecule has 0 radical (unpaired) electrons. The third kappa shape index (κ3) is 6.05. The molecule has 0 aliphatic heterocycles. The van der Waals surface area contributed by atoms with Gasteiger partial charge in [0.15, 0.2) is 0 Å². The Morgan fingerprint density at radius 3 is 2.67 bits per heavy atom. The molecule has 100 valence electrons. The zero-order chi connectivity index (χ0) is 13.4. The van der Waals surface area contributed by atoms with E-state index < -0.39 is 6.10 Å². The Hall–Kier alpha value is -1.04. The van der Waals surface area contributed by atoms with Gasteiger partial charge < -0.3 is 15.2 Å². The van der Waals surface area contributed by atoms with Gasteiger partial charge in [-0.1, -0.05) is 0 Å². The molecular weight excluding hydrogens is 250 g/mol. The minimum absolute atomic E-state index is 0.0810. The molecule has 0 fully saturated rings. The van der Waals surface area contributed by atoms with Crippen molar-refractivity contribution in [2.24, 2.45) is 0 Å². The van der Waals surface area contributed by atoms with E-state index in [-0.39, 0.29) is 5.91 Å². The molecule has 18 heavy (non-hydrogen) atoms. The quantitative estimate of drug-likeness (QED) is 0.745. The van der Waals surface area contributed by atoms with Crippen LogP contribution in [0.3, 0.4) is 0 Å². The summed E-state index contributed by atoms with van der Waals surface area (Å²) in [5.41, 5.74) is 0.779. The van der Waals surface area contributed by atoms with Crippen molar-refractivity contribution >= 4 is 23.4 Å². The molecule has 1 unspecified atom stereocenters. The first-order valence-electron chi connectivity index (χ1n) is 5.88. The Bertz CT molecular complexity index is 367. The maximum atomic E-state index is 10.9. The predicted molar refractivity (Wildman–Crippen MR) is 74.0 cm³/mol. The van der Waals surface area contributed by atoms with Gasteiger partial charge in [-0.2, -0.15) is 0 Å². The minimum Gasteiger partial charge on any atom is -0.390 e. The standard InChI is InChI=1S/C13H19NO3S/c1-3-17-8-12(16)9-18-13-6-4-11(5-7-13)14-10(2)15/h4-7,12,16H,3,8-9H2,1-2H3,(H,14,15). The van der Waals surface area contributed by atoms with Crippen molar-refractivity contribution in [3.63, 3.8) is 0 Å². The number of nitrogens with one attached hydrogen (secondary N) is 1. The lowest BCUT2D eigenvalue weighted by molar-refractivity contribution is -0.114. The average molecular weight is 269 g/mol. The van der Waals surface area contributed by atoms with Crippen LogP contribution in [-0.4, -0.2) is 36.1 Å². The fourth-order valence-electron chi connectivity index (χ4n) is 1.33. The molecule has 4 nitrogen and oxygen atoms in total. The van der Waals surface area contributed by atoms with Gasteiger partial charge in [0, 0.05) is 29.9 Å². The number of ether oxygens (including phenoxy) is 1. The summed E-state index contributed by atoms with van der Waals surface area (Å²) in [4.78, 5) is 11.9. The highest BCUT2D eigenvalue weighted by atomic mass is 32.2. The third-order valence-corrected chi connectivity index (χ3v) is 3.29. The molecule has 0 spiro atoms. The highest BCUT2D eigenvalue weighted by molar-refractivity contribution is 7.99. The molecule has 1 atom stereocenters. The molecule has 0 aliphatic carbocycles. The van der Waals surface area contributed by atoms with Gasteiger partial charge in [-0.05, 0) is 31.2 Å². The maximum absolute atomic E-state index is 10.9. The fourth-order valence-corrected chi connectivity index (χ4v) is 2.14. The minimum atomic E-state index is -0.454. The smallest absolute Gasteiger partial charge is 0.221 e. The second kappa shape index (κ2) is 8.13. The Kier molecular flexibility index (Phi) is 6.78. The number of anilines is 1. The number of hydrogen-bond acceptors (Lipinski definition) is 4. The van der Waals surface area contributed by atoms with E-state index >= 15 is 0 Å². The van der Waals surface area contributed by atoms with Crippen LogP contribution in [0.5, 0.6) is 0 Å². The van der Waals surface area contributed by atoms with Crippen molar-refractivity contribution in [2.45, 2.75) is 24.8 Å². The highest BCUT2D eigenvalue weighted by Gasteiger charge is 2.05. The zero-order valence-electron chi connectivity index (χ0n) is 10.7. The summed E-state index contributed by atoms with van der Waals surface area (Å²) in [5.74, 6) is 0.516. The molecule has 0 saturated carbocycles. The van der Waals surface area contributed by atoms with Crippen molar-refractivity contribution in [1.29, 1.82) is 0 Å². The molecule has 0 aromatic heterocycles. The van der Waals surface area contributed by atoms with Gasteiger partial charge in [-0.3, -0.25) is 4.79 Å². The van der Waals surface area contributed by atoms with Crippen molar-refractivity contribution < 1.29 is 14.6 Å². The molecule has 1 aromatic rings. The molecule has 1 amide bonds. The first-order valence-corrected chi connectivity index (χ1v) is 6.86. The second-order valence-corrected chi connectivity index (χ2v) is 4.92. The normalized spacial score (nSPS) is 12.2. The molecule has 2 N–H and O–H groups in total. The van der Waals surface area contributed by atoms with Crippen molar-refractivity contribution in [1.82, 2.24) is 0 Å². The van der Waals surface area contributed by atoms with Gasteiger partial charge in [0.2, 0.25) is 5.91 Å². The van der Waals surface area contributed by atoms with Crippen LogP contribution in [0.1, 0.15) is 13.8 Å². The van der Waals surface area contributed by atoms with E-state index in [0.29, 0.717) is 19.0 Å². The van der Waals surface area contributed by atoms with E-state index in [2.05, 4.69) is 5.32 Å². The van der Waals surface area contributed by atoms with Gasteiger partial charge in [0.1, 0.15) is 0 Å². The Balaban J connectivity index is 2.36. The lowest BCUT2D eigenvalue weighted by atomic mass is 10.3. The molecule has 0 saturated heterocycles. The van der Waals surface area contributed by atoms with Gasteiger partial charge >= 0.3 is 0 Å². The summed E-state index contributed by atoms with van der Waals surface area (Å²) in [6.45, 7) is 4.37. The van der Waals surface area contributed by atoms with Crippen LogP contribution in [-0.2, 0) is 9.53 Å². The van der Waals surface area contributed by atoms with E-state index in [1.54, 1.807) is 11.8 Å². The van der Waals surface area contributed by atoms with Gasteiger partial charge in [0.05, 0.1) is 12.7 Å². The highest BCUT2D eigenvalue weighted by Crippen LogP contribution is 2.21. The van der Waals surface area contributed by atoms with Gasteiger partial charge in [-0.25, -0.2) is 0 Å². The molecule has 0 aliphatic rings. The SMILES string of the molecule is CCOCC(O)CSc1ccc(NC(C)=O)cc1. The summed E-state index contributed by atoms with van der Waals surface area (Å²) in [5, 5.41) is 12.3. The molecule has 0 bridgehead atoms. The molecular formula is C13H19NO3S. The van der Waals surface area contributed by atoms with Crippen LogP contribution in [0.2, 0.25) is 0 Å². The zero-order valence-corrected chi connectivity index (χ0v) is 11.5. The van der Waals surface area contributed by atoms with Crippen molar-refractivity contribution in [3.8, 4) is 0 Å². The molecule has 0 heterocycles. The maximum Gasteiger partial charge on any atom is 0.221 e. The molecule has 5 heteroatoms. The van der Waals surface area contributed by atoms with E-state index in [1.165, 1.54) is 6.92 Å². The van der Waals surface area contributed by atoms with Crippen molar-refractivity contribution in [3.05, 3.63) is 24.3 Å². The average Bonchev–Trinajstić information content (AvgIpc) is 2.35. The van der Waals surface area contributed by atoms with E-state index in [4.69, 9.17) is 4.74 Å². The molecule has 1 aromatic carbocycles. The monoisotopic (exact) mass is 269 g/mol. The number of thioether (sulfide) groups is 1. The van der Waals surface area contributed by atoms with Crippen LogP contribution in [0.15, 0.2) is 29.2 Å². The topological polar surface area (TPSA) is 58.6 Å². The van der Waals surface area contributed by atoms with Crippen LogP contribution >= 0.6 is 11.8 Å². The predicted octanol–water partition coefficient (Wildman–Crippen LogP) is 2.13. The number of rotatable bonds is 7. The number of aliphatic hydroxyl groups excluding tert-OH is 1. The van der Waals surface area contributed by atoms with E-state index in [0.717, 1.165) is 10.6 Å². The Labute approximate surface area is 112 Å². The number of carbonyl (C=O) groups excluding carboxylic acids is 1. The van der Waals surface area contributed by atoms with Crippen LogP contribution in [0.25, 0.3) is 0 Å². The van der Waals surface area contributed by atoms with E-state index in [1.807, 2.05) is 31.2 Å². The Morgan fingerprint density at radius 1 is 1.44 bits per heavy atom. The van der Waals surface area contributed by atoms with E-state index in [9.17, 15) is 9.90 Å². The number of aliphatic hydroxyl groups is 1. The van der Waals surface area contributed by atoms with Crippen LogP contribution < -0.4 is 5.32 Å². The number of benzene rings is 1. The second-order valence-electron chi connectivity index (χ2n) is 3.83. The largest absolute Gasteiger partial charge is 0.390 e. The van der Waals surface area contributed by atoms with Crippen LogP contribution in [0.4, 0.5) is 5.69 Å². The summed E-state index contributed by atoms with van der Waals surface area (Å²) in [6.07, 6.45) is -0.454. The number of hydrogen-bond donors (Lipinski definition) is 2. The summed E-state index contributed by atoms with van der Waals surface area (Å²) in [6, 6.07) is 7.53. The first kappa shape index (κ1) is 15.0. The fraction of sp³-hybridized carbons (Fsp3) is 0.462. The Morgan fingerprint density at radius 2 is 2.11 bits per heavy atom. The van der Waals surface area contributed by atoms with Gasteiger partial charge in [0.25, 0.3) is 0 Å². The third-order valence-electron chi connectivity index (χ3n) is 2.13. The lowest BCUT2D eigenvalue weighted by Crippen LogP contribution is -2.17. The molecule has 1 rings (SSSR count). The van der Waals surface area contributed by atoms with Crippen molar-refractivity contribution in [2.75, 3.05) is 24.3 Å². The first-order chi connectivity index (χ1) is 8.61. The van der Waals surface area contributed by atoms with Crippen LogP contribution in [0, 0.1) is 0 Å². The summed E-state index contributed by atoms with van der Waals surface area (Å²) >= 11 is 1.56.